The van der Waals surface area contributed by atoms with E-state index in [2.05, 4.69) is 4.98 Å². The minimum atomic E-state index is 0.634. The van der Waals surface area contributed by atoms with Gasteiger partial charge in [0, 0.05) is 29.0 Å². The van der Waals surface area contributed by atoms with E-state index in [9.17, 15) is 0 Å². The van der Waals surface area contributed by atoms with Crippen LogP contribution in [0.3, 0.4) is 0 Å². The van der Waals surface area contributed by atoms with Crippen molar-refractivity contribution >= 4 is 17.2 Å². The van der Waals surface area contributed by atoms with Crippen molar-refractivity contribution in [2.45, 2.75) is 6.92 Å². The Bertz CT molecular complexity index is 450. The number of hydrogen-bond donors (Lipinski definition) is 0. The fourth-order valence-electron chi connectivity index (χ4n) is 1.34. The zero-order valence-electron chi connectivity index (χ0n) is 7.41. The van der Waals surface area contributed by atoms with Crippen LogP contribution in [0.25, 0.3) is 5.65 Å². The summed E-state index contributed by atoms with van der Waals surface area (Å²) in [4.78, 5) is 4.19. The van der Waals surface area contributed by atoms with Gasteiger partial charge >= 0.3 is 0 Å². The van der Waals surface area contributed by atoms with Gasteiger partial charge in [-0.15, -0.1) is 0 Å². The van der Waals surface area contributed by atoms with Crippen molar-refractivity contribution in [2.75, 3.05) is 7.11 Å². The minimum Gasteiger partial charge on any atom is -0.482 e. The van der Waals surface area contributed by atoms with Crippen molar-refractivity contribution in [3.63, 3.8) is 0 Å². The molecule has 0 aliphatic heterocycles. The molecule has 0 aliphatic rings. The topological polar surface area (TPSA) is 26.5 Å². The highest BCUT2D eigenvalue weighted by molar-refractivity contribution is 6.31. The van der Waals surface area contributed by atoms with Gasteiger partial charge in [-0.25, -0.2) is 4.98 Å². The zero-order valence-corrected chi connectivity index (χ0v) is 8.17. The molecule has 13 heavy (non-hydrogen) atoms. The molecule has 4 heteroatoms. The van der Waals surface area contributed by atoms with Gasteiger partial charge in [0.1, 0.15) is 5.65 Å². The molecule has 0 bridgehead atoms. The number of imidazole rings is 1. The number of aromatic nitrogens is 2. The fraction of sp³-hybridized carbons (Fsp3) is 0.222. The average Bonchev–Trinajstić information content (AvgIpc) is 2.46. The van der Waals surface area contributed by atoms with E-state index in [-0.39, 0.29) is 0 Å². The van der Waals surface area contributed by atoms with Crippen molar-refractivity contribution in [1.82, 2.24) is 9.38 Å². The Hall–Kier alpha value is -1.22. The number of pyridine rings is 1. The molecule has 0 amide bonds. The van der Waals surface area contributed by atoms with Gasteiger partial charge in [0.15, 0.2) is 0 Å². The molecule has 0 fully saturated rings. The van der Waals surface area contributed by atoms with Gasteiger partial charge in [-0.3, -0.25) is 4.40 Å². The number of hydrogen-bond acceptors (Lipinski definition) is 2. The first-order valence-corrected chi connectivity index (χ1v) is 4.28. The van der Waals surface area contributed by atoms with E-state index >= 15 is 0 Å². The SMILES string of the molecule is COc1cc(Cl)cc2ncc(C)n12. The maximum Gasteiger partial charge on any atom is 0.200 e. The van der Waals surface area contributed by atoms with E-state index in [1.165, 1.54) is 0 Å². The summed E-state index contributed by atoms with van der Waals surface area (Å²) in [5, 5.41) is 0.634. The molecule has 0 radical (unpaired) electrons. The van der Waals surface area contributed by atoms with Crippen LogP contribution >= 0.6 is 11.6 Å². The van der Waals surface area contributed by atoms with Crippen LogP contribution in [0.4, 0.5) is 0 Å². The van der Waals surface area contributed by atoms with Crippen LogP contribution in [-0.4, -0.2) is 16.5 Å². The van der Waals surface area contributed by atoms with E-state index in [1.807, 2.05) is 11.3 Å². The van der Waals surface area contributed by atoms with Crippen molar-refractivity contribution < 1.29 is 4.74 Å². The first-order valence-electron chi connectivity index (χ1n) is 3.90. The highest BCUT2D eigenvalue weighted by Gasteiger charge is 2.05. The van der Waals surface area contributed by atoms with Gasteiger partial charge in [0.25, 0.3) is 0 Å². The Balaban J connectivity index is 2.85. The Morgan fingerprint density at radius 3 is 2.92 bits per heavy atom. The van der Waals surface area contributed by atoms with E-state index in [1.54, 1.807) is 25.4 Å². The summed E-state index contributed by atoms with van der Waals surface area (Å²) < 4.78 is 7.09. The lowest BCUT2D eigenvalue weighted by molar-refractivity contribution is 0.391. The Morgan fingerprint density at radius 2 is 2.23 bits per heavy atom. The largest absolute Gasteiger partial charge is 0.482 e. The van der Waals surface area contributed by atoms with E-state index in [4.69, 9.17) is 16.3 Å². The molecule has 0 spiro atoms. The summed E-state index contributed by atoms with van der Waals surface area (Å²) >= 11 is 5.88. The summed E-state index contributed by atoms with van der Waals surface area (Å²) in [7, 11) is 1.62. The number of methoxy groups -OCH3 is 1. The summed E-state index contributed by atoms with van der Waals surface area (Å²) in [6.45, 7) is 1.97. The third kappa shape index (κ3) is 1.25. The second-order valence-corrected chi connectivity index (χ2v) is 3.25. The molecule has 2 aromatic heterocycles. The molecule has 68 valence electrons. The molecule has 0 atom stereocenters. The molecule has 2 rings (SSSR count). The monoisotopic (exact) mass is 196 g/mol. The summed E-state index contributed by atoms with van der Waals surface area (Å²) in [5.74, 6) is 0.706. The Kier molecular flexibility index (Phi) is 1.88. The van der Waals surface area contributed by atoms with Crippen molar-refractivity contribution in [2.24, 2.45) is 0 Å². The highest BCUT2D eigenvalue weighted by atomic mass is 35.5. The third-order valence-corrected chi connectivity index (χ3v) is 2.14. The average molecular weight is 197 g/mol. The number of rotatable bonds is 1. The normalized spacial score (nSPS) is 10.7. The summed E-state index contributed by atoms with van der Waals surface area (Å²) in [6, 6.07) is 3.57. The van der Waals surface area contributed by atoms with Gasteiger partial charge in [-0.05, 0) is 6.92 Å². The van der Waals surface area contributed by atoms with Crippen LogP contribution in [0.2, 0.25) is 5.02 Å². The van der Waals surface area contributed by atoms with Gasteiger partial charge in [0.05, 0.1) is 7.11 Å². The number of ether oxygens (including phenoxy) is 1. The number of fused-ring (bicyclic) bond motifs is 1. The zero-order chi connectivity index (χ0) is 9.42. The third-order valence-electron chi connectivity index (χ3n) is 1.92. The van der Waals surface area contributed by atoms with Crippen LogP contribution in [0, 0.1) is 6.92 Å². The number of nitrogens with zero attached hydrogens (tertiary/aromatic N) is 2. The molecule has 0 aliphatic carbocycles. The first kappa shape index (κ1) is 8.38. The predicted molar refractivity (Wildman–Crippen MR) is 51.5 cm³/mol. The molecule has 0 aromatic carbocycles. The standard InChI is InChI=1S/C9H9ClN2O/c1-6-5-11-8-3-7(10)4-9(13-2)12(6)8/h3-5H,1-2H3. The molecule has 0 saturated carbocycles. The van der Waals surface area contributed by atoms with Crippen LogP contribution in [0.1, 0.15) is 5.69 Å². The molecule has 2 heterocycles. The van der Waals surface area contributed by atoms with Crippen LogP contribution in [0.5, 0.6) is 5.88 Å². The fourth-order valence-corrected chi connectivity index (χ4v) is 1.53. The van der Waals surface area contributed by atoms with Gasteiger partial charge < -0.3 is 4.74 Å². The van der Waals surface area contributed by atoms with Gasteiger partial charge in [0.2, 0.25) is 5.88 Å². The Labute approximate surface area is 80.9 Å². The molecular weight excluding hydrogens is 188 g/mol. The quantitative estimate of drug-likeness (QED) is 0.700. The van der Waals surface area contributed by atoms with Gasteiger partial charge in [-0.1, -0.05) is 11.6 Å². The maximum absolute atomic E-state index is 5.88. The smallest absolute Gasteiger partial charge is 0.200 e. The predicted octanol–water partition coefficient (Wildman–Crippen LogP) is 2.30. The minimum absolute atomic E-state index is 0.634. The second-order valence-electron chi connectivity index (χ2n) is 2.81. The molecule has 0 N–H and O–H groups in total. The maximum atomic E-state index is 5.88. The lowest BCUT2D eigenvalue weighted by Crippen LogP contribution is -1.95. The number of aryl methyl sites for hydroxylation is 1. The van der Waals surface area contributed by atoms with Crippen molar-refractivity contribution in [3.05, 3.63) is 29.0 Å². The molecule has 0 unspecified atom stereocenters. The Morgan fingerprint density at radius 1 is 1.46 bits per heavy atom. The number of halogens is 1. The molecule has 0 saturated heterocycles. The summed E-state index contributed by atoms with van der Waals surface area (Å²) in [5.41, 5.74) is 1.84. The molecule has 3 nitrogen and oxygen atoms in total. The highest BCUT2D eigenvalue weighted by Crippen LogP contribution is 2.22. The van der Waals surface area contributed by atoms with E-state index in [0.717, 1.165) is 11.3 Å². The van der Waals surface area contributed by atoms with Gasteiger partial charge in [-0.2, -0.15) is 0 Å². The van der Waals surface area contributed by atoms with Crippen molar-refractivity contribution in [3.8, 4) is 5.88 Å². The molecular formula is C9H9ClN2O. The van der Waals surface area contributed by atoms with Crippen LogP contribution in [0.15, 0.2) is 18.3 Å². The first-order chi connectivity index (χ1) is 6.22. The molecule has 2 aromatic rings. The van der Waals surface area contributed by atoms with Crippen molar-refractivity contribution in [1.29, 1.82) is 0 Å². The lowest BCUT2D eigenvalue weighted by Gasteiger charge is -2.05. The lowest BCUT2D eigenvalue weighted by atomic mass is 10.4. The van der Waals surface area contributed by atoms with E-state index < -0.39 is 0 Å². The van der Waals surface area contributed by atoms with Crippen LogP contribution < -0.4 is 4.74 Å². The van der Waals surface area contributed by atoms with Crippen LogP contribution in [-0.2, 0) is 0 Å². The van der Waals surface area contributed by atoms with E-state index in [0.29, 0.717) is 10.9 Å². The second kappa shape index (κ2) is 2.92. The summed E-state index contributed by atoms with van der Waals surface area (Å²) in [6.07, 6.45) is 1.79.